The summed E-state index contributed by atoms with van der Waals surface area (Å²) in [6, 6.07) is 0. The van der Waals surface area contributed by atoms with Crippen LogP contribution in [0.3, 0.4) is 0 Å². The Balaban J connectivity index is 5.91. The molecule has 0 aliphatic heterocycles. The summed E-state index contributed by atoms with van der Waals surface area (Å²) in [5, 5.41) is 0. The smallest absolute Gasteiger partial charge is 0.223 e. The molecule has 0 aromatic rings. The molecular formula is C14H28N2O2. The van der Waals surface area contributed by atoms with E-state index in [1.54, 1.807) is 0 Å². The molecule has 2 amide bonds. The molecule has 2 unspecified atom stereocenters. The highest BCUT2D eigenvalue weighted by molar-refractivity contribution is 5.84. The molecule has 0 saturated heterocycles. The molecular weight excluding hydrogens is 228 g/mol. The van der Waals surface area contributed by atoms with Crippen molar-refractivity contribution in [2.24, 2.45) is 28.2 Å². The Morgan fingerprint density at radius 1 is 1.00 bits per heavy atom. The molecule has 0 radical (unpaired) electrons. The molecule has 4 N–H and O–H groups in total. The molecule has 0 aliphatic carbocycles. The third-order valence-corrected chi connectivity index (χ3v) is 5.03. The zero-order valence-corrected chi connectivity index (χ0v) is 12.4. The van der Waals surface area contributed by atoms with Crippen molar-refractivity contribution < 1.29 is 9.59 Å². The van der Waals surface area contributed by atoms with Gasteiger partial charge >= 0.3 is 0 Å². The van der Waals surface area contributed by atoms with Gasteiger partial charge in [0.15, 0.2) is 0 Å². The summed E-state index contributed by atoms with van der Waals surface area (Å²) >= 11 is 0. The van der Waals surface area contributed by atoms with E-state index in [1.807, 2.05) is 34.6 Å². The van der Waals surface area contributed by atoms with Gasteiger partial charge in [0.2, 0.25) is 11.8 Å². The minimum absolute atomic E-state index is 0.315. The monoisotopic (exact) mass is 256 g/mol. The Morgan fingerprint density at radius 3 is 1.61 bits per heavy atom. The van der Waals surface area contributed by atoms with Crippen molar-refractivity contribution in [1.29, 1.82) is 0 Å². The maximum atomic E-state index is 11.9. The van der Waals surface area contributed by atoms with E-state index in [4.69, 9.17) is 11.5 Å². The lowest BCUT2D eigenvalue weighted by Crippen LogP contribution is -2.54. The molecule has 0 rings (SSSR count). The zero-order valence-electron chi connectivity index (χ0n) is 12.4. The van der Waals surface area contributed by atoms with Gasteiger partial charge in [-0.15, -0.1) is 0 Å². The topological polar surface area (TPSA) is 86.2 Å². The molecule has 0 aliphatic rings. The van der Waals surface area contributed by atoms with Gasteiger partial charge in [0.1, 0.15) is 0 Å². The number of hydrogen-bond acceptors (Lipinski definition) is 2. The molecule has 106 valence electrons. The van der Waals surface area contributed by atoms with Crippen LogP contribution in [-0.2, 0) is 9.59 Å². The van der Waals surface area contributed by atoms with Crippen LogP contribution >= 0.6 is 0 Å². The first-order chi connectivity index (χ1) is 8.27. The predicted octanol–water partition coefficient (Wildman–Crippen LogP) is 2.21. The number of carbonyl (C=O) groups is 2. The third-order valence-electron chi connectivity index (χ3n) is 5.03. The Morgan fingerprint density at radius 2 is 1.44 bits per heavy atom. The minimum Gasteiger partial charge on any atom is -0.369 e. The molecule has 0 spiro atoms. The van der Waals surface area contributed by atoms with Crippen LogP contribution in [0.2, 0.25) is 0 Å². The van der Waals surface area contributed by atoms with E-state index in [0.29, 0.717) is 12.8 Å². The SMILES string of the molecule is CCC(C(N)=O)C(CC)(CC)C(C)(CC)C(N)=O. The van der Waals surface area contributed by atoms with Crippen LogP contribution in [0.1, 0.15) is 60.3 Å². The maximum Gasteiger partial charge on any atom is 0.223 e. The summed E-state index contributed by atoms with van der Waals surface area (Å²) in [6.07, 6.45) is 2.70. The second kappa shape index (κ2) is 6.21. The lowest BCUT2D eigenvalue weighted by molar-refractivity contribution is -0.146. The molecule has 0 fully saturated rings. The first-order valence-corrected chi connectivity index (χ1v) is 6.86. The van der Waals surface area contributed by atoms with Crippen molar-refractivity contribution >= 4 is 11.8 Å². The maximum absolute atomic E-state index is 11.9. The molecule has 0 saturated carbocycles. The fourth-order valence-electron chi connectivity index (χ4n) is 3.54. The van der Waals surface area contributed by atoms with E-state index < -0.39 is 10.8 Å². The fourth-order valence-corrected chi connectivity index (χ4v) is 3.54. The number of primary amides is 2. The van der Waals surface area contributed by atoms with E-state index >= 15 is 0 Å². The van der Waals surface area contributed by atoms with E-state index in [-0.39, 0.29) is 17.7 Å². The van der Waals surface area contributed by atoms with Gasteiger partial charge in [-0.3, -0.25) is 9.59 Å². The van der Waals surface area contributed by atoms with Crippen molar-refractivity contribution in [2.45, 2.75) is 60.3 Å². The Hall–Kier alpha value is -1.06. The molecule has 18 heavy (non-hydrogen) atoms. The summed E-state index contributed by atoms with van der Waals surface area (Å²) in [5.74, 6) is -0.986. The van der Waals surface area contributed by atoms with Crippen molar-refractivity contribution in [2.75, 3.05) is 0 Å². The van der Waals surface area contributed by atoms with Crippen molar-refractivity contribution in [3.63, 3.8) is 0 Å². The van der Waals surface area contributed by atoms with E-state index in [2.05, 4.69) is 0 Å². The number of carbonyl (C=O) groups excluding carboxylic acids is 2. The first kappa shape index (κ1) is 16.9. The second-order valence-corrected chi connectivity index (χ2v) is 5.28. The van der Waals surface area contributed by atoms with Crippen LogP contribution in [0.5, 0.6) is 0 Å². The molecule has 4 heteroatoms. The standard InChI is InChI=1S/C14H28N2O2/c1-6-10(11(15)17)14(8-3,9-4)13(5,7-2)12(16)18/h10H,6-9H2,1-5H3,(H2,15,17)(H2,16,18). The highest BCUT2D eigenvalue weighted by atomic mass is 16.2. The van der Waals surface area contributed by atoms with Gasteiger partial charge < -0.3 is 11.5 Å². The lowest BCUT2D eigenvalue weighted by atomic mass is 9.53. The van der Waals surface area contributed by atoms with Gasteiger partial charge in [0.05, 0.1) is 5.41 Å². The summed E-state index contributed by atoms with van der Waals surface area (Å²) in [7, 11) is 0. The van der Waals surface area contributed by atoms with E-state index in [1.165, 1.54) is 0 Å². The van der Waals surface area contributed by atoms with E-state index in [0.717, 1.165) is 12.8 Å². The molecule has 4 nitrogen and oxygen atoms in total. The van der Waals surface area contributed by atoms with Gasteiger partial charge in [-0.25, -0.2) is 0 Å². The number of hydrogen-bond donors (Lipinski definition) is 2. The largest absolute Gasteiger partial charge is 0.369 e. The van der Waals surface area contributed by atoms with Gasteiger partial charge in [-0.2, -0.15) is 0 Å². The second-order valence-electron chi connectivity index (χ2n) is 5.28. The van der Waals surface area contributed by atoms with Crippen LogP contribution < -0.4 is 11.5 Å². The summed E-state index contributed by atoms with van der Waals surface area (Å²) in [4.78, 5) is 23.7. The Kier molecular flexibility index (Phi) is 5.84. The zero-order chi connectivity index (χ0) is 14.6. The quantitative estimate of drug-likeness (QED) is 0.697. The third kappa shape index (κ3) is 2.38. The number of rotatable bonds is 8. The summed E-state index contributed by atoms with van der Waals surface area (Å²) in [6.45, 7) is 9.76. The number of amides is 2. The van der Waals surface area contributed by atoms with Crippen LogP contribution in [0.25, 0.3) is 0 Å². The van der Waals surface area contributed by atoms with Gasteiger partial charge in [0.25, 0.3) is 0 Å². The summed E-state index contributed by atoms with van der Waals surface area (Å²) in [5.41, 5.74) is 10.0. The number of nitrogens with two attached hydrogens (primary N) is 2. The van der Waals surface area contributed by atoms with E-state index in [9.17, 15) is 9.59 Å². The molecule has 0 aromatic carbocycles. The Bertz CT molecular complexity index is 311. The highest BCUT2D eigenvalue weighted by Crippen LogP contribution is 2.53. The van der Waals surface area contributed by atoms with Crippen LogP contribution in [0.15, 0.2) is 0 Å². The van der Waals surface area contributed by atoms with Crippen molar-refractivity contribution in [1.82, 2.24) is 0 Å². The molecule has 0 aromatic heterocycles. The normalized spacial score (nSPS) is 16.9. The minimum atomic E-state index is -0.702. The average Bonchev–Trinajstić information content (AvgIpc) is 2.34. The van der Waals surface area contributed by atoms with Crippen molar-refractivity contribution in [3.05, 3.63) is 0 Å². The molecule has 2 atom stereocenters. The van der Waals surface area contributed by atoms with Gasteiger partial charge in [0, 0.05) is 5.92 Å². The summed E-state index contributed by atoms with van der Waals surface area (Å²) < 4.78 is 0. The molecule has 0 bridgehead atoms. The van der Waals surface area contributed by atoms with Crippen molar-refractivity contribution in [3.8, 4) is 0 Å². The van der Waals surface area contributed by atoms with Crippen LogP contribution in [0, 0.1) is 16.7 Å². The molecule has 0 heterocycles. The predicted molar refractivity (Wildman–Crippen MR) is 73.6 cm³/mol. The first-order valence-electron chi connectivity index (χ1n) is 6.86. The Labute approximate surface area is 110 Å². The van der Waals surface area contributed by atoms with Gasteiger partial charge in [-0.05, 0) is 31.1 Å². The highest BCUT2D eigenvalue weighted by Gasteiger charge is 2.54. The lowest BCUT2D eigenvalue weighted by Gasteiger charge is -2.49. The van der Waals surface area contributed by atoms with Gasteiger partial charge in [-0.1, -0.05) is 34.6 Å². The average molecular weight is 256 g/mol. The fraction of sp³-hybridized carbons (Fsp3) is 0.857. The van der Waals surface area contributed by atoms with Crippen LogP contribution in [0.4, 0.5) is 0 Å². The van der Waals surface area contributed by atoms with Crippen LogP contribution in [-0.4, -0.2) is 11.8 Å².